The minimum absolute atomic E-state index is 0.160. The Morgan fingerprint density at radius 3 is 2.74 bits per heavy atom. The molecule has 0 unspecified atom stereocenters. The van der Waals surface area contributed by atoms with Crippen LogP contribution in [0, 0.1) is 5.82 Å². The van der Waals surface area contributed by atoms with E-state index in [0.717, 1.165) is 11.4 Å². The van der Waals surface area contributed by atoms with E-state index in [1.807, 2.05) is 6.92 Å². The number of hydrogen-bond donors (Lipinski definition) is 1. The lowest BCUT2D eigenvalue weighted by Crippen LogP contribution is -2.20. The van der Waals surface area contributed by atoms with Crippen LogP contribution >= 0.6 is 11.3 Å². The second-order valence-corrected chi connectivity index (χ2v) is 4.71. The zero-order valence-corrected chi connectivity index (χ0v) is 11.0. The first-order valence-corrected chi connectivity index (χ1v) is 6.49. The number of anilines is 1. The van der Waals surface area contributed by atoms with Crippen LogP contribution in [0.3, 0.4) is 0 Å². The van der Waals surface area contributed by atoms with Crippen molar-refractivity contribution in [3.63, 3.8) is 0 Å². The molecule has 5 nitrogen and oxygen atoms in total. The number of hydrogen-bond acceptors (Lipinski definition) is 5. The number of benzene rings is 1. The van der Waals surface area contributed by atoms with E-state index >= 15 is 0 Å². The first kappa shape index (κ1) is 13.4. The van der Waals surface area contributed by atoms with E-state index in [4.69, 9.17) is 4.74 Å². The second-order valence-electron chi connectivity index (χ2n) is 3.65. The van der Waals surface area contributed by atoms with Gasteiger partial charge in [-0.15, -0.1) is 10.2 Å². The Morgan fingerprint density at radius 1 is 1.37 bits per heavy atom. The zero-order valence-electron chi connectivity index (χ0n) is 10.2. The standard InChI is InChI=1S/C12H12FN3O2S/c1-2-11-15-16-12(19-11)14-10(17)7-18-9-5-3-8(13)4-6-9/h3-6H,2,7H2,1H3,(H,14,16,17). The van der Waals surface area contributed by atoms with E-state index in [-0.39, 0.29) is 18.3 Å². The molecule has 0 spiro atoms. The minimum atomic E-state index is -0.349. The normalized spacial score (nSPS) is 10.2. The number of carbonyl (C=O) groups is 1. The minimum Gasteiger partial charge on any atom is -0.484 e. The third kappa shape index (κ3) is 3.99. The van der Waals surface area contributed by atoms with Crippen LogP contribution < -0.4 is 10.1 Å². The Morgan fingerprint density at radius 2 is 2.11 bits per heavy atom. The van der Waals surface area contributed by atoms with Gasteiger partial charge in [0.2, 0.25) is 5.13 Å². The van der Waals surface area contributed by atoms with Crippen LogP contribution in [0.4, 0.5) is 9.52 Å². The van der Waals surface area contributed by atoms with Crippen molar-refractivity contribution in [2.45, 2.75) is 13.3 Å². The van der Waals surface area contributed by atoms with Crippen LogP contribution in [-0.4, -0.2) is 22.7 Å². The number of amides is 1. The summed E-state index contributed by atoms with van der Waals surface area (Å²) in [5.74, 6) is -0.246. The van der Waals surface area contributed by atoms with Crippen molar-refractivity contribution in [2.75, 3.05) is 11.9 Å². The molecule has 0 bridgehead atoms. The predicted molar refractivity (Wildman–Crippen MR) is 69.8 cm³/mol. The molecular weight excluding hydrogens is 269 g/mol. The van der Waals surface area contributed by atoms with Crippen LogP contribution in [0.1, 0.15) is 11.9 Å². The zero-order chi connectivity index (χ0) is 13.7. The summed E-state index contributed by atoms with van der Waals surface area (Å²) in [5.41, 5.74) is 0. The third-order valence-electron chi connectivity index (χ3n) is 2.20. The topological polar surface area (TPSA) is 64.1 Å². The highest BCUT2D eigenvalue weighted by molar-refractivity contribution is 7.15. The number of ether oxygens (including phenoxy) is 1. The van der Waals surface area contributed by atoms with E-state index in [1.165, 1.54) is 35.6 Å². The molecule has 100 valence electrons. The van der Waals surface area contributed by atoms with Gasteiger partial charge in [-0.2, -0.15) is 0 Å². The lowest BCUT2D eigenvalue weighted by atomic mass is 10.3. The number of nitrogens with zero attached hydrogens (tertiary/aromatic N) is 2. The molecule has 0 aliphatic heterocycles. The Bertz CT molecular complexity index is 556. The number of halogens is 1. The quantitative estimate of drug-likeness (QED) is 0.913. The van der Waals surface area contributed by atoms with Crippen molar-refractivity contribution in [2.24, 2.45) is 0 Å². The maximum absolute atomic E-state index is 12.7. The number of aromatic nitrogens is 2. The highest BCUT2D eigenvalue weighted by Crippen LogP contribution is 2.15. The maximum atomic E-state index is 12.7. The van der Waals surface area contributed by atoms with E-state index in [9.17, 15) is 9.18 Å². The Labute approximate surface area is 113 Å². The maximum Gasteiger partial charge on any atom is 0.264 e. The fraction of sp³-hybridized carbons (Fsp3) is 0.250. The molecule has 0 aliphatic carbocycles. The molecule has 1 aromatic carbocycles. The summed E-state index contributed by atoms with van der Waals surface area (Å²) < 4.78 is 17.9. The van der Waals surface area contributed by atoms with Crippen molar-refractivity contribution >= 4 is 22.4 Å². The van der Waals surface area contributed by atoms with Crippen LogP contribution in [0.15, 0.2) is 24.3 Å². The molecule has 1 heterocycles. The molecule has 0 aliphatic rings. The average molecular weight is 281 g/mol. The van der Waals surface area contributed by atoms with Crippen molar-refractivity contribution in [1.82, 2.24) is 10.2 Å². The summed E-state index contributed by atoms with van der Waals surface area (Å²) >= 11 is 1.33. The van der Waals surface area contributed by atoms with E-state index in [2.05, 4.69) is 15.5 Å². The summed E-state index contributed by atoms with van der Waals surface area (Å²) in [4.78, 5) is 11.6. The van der Waals surface area contributed by atoms with Gasteiger partial charge in [-0.25, -0.2) is 4.39 Å². The Hall–Kier alpha value is -2.02. The summed E-state index contributed by atoms with van der Waals surface area (Å²) in [6, 6.07) is 5.46. The number of rotatable bonds is 5. The monoisotopic (exact) mass is 281 g/mol. The van der Waals surface area contributed by atoms with Gasteiger partial charge in [0, 0.05) is 0 Å². The molecule has 1 amide bonds. The SMILES string of the molecule is CCc1nnc(NC(=O)COc2ccc(F)cc2)s1. The van der Waals surface area contributed by atoms with Gasteiger partial charge >= 0.3 is 0 Å². The summed E-state index contributed by atoms with van der Waals surface area (Å²) in [5, 5.41) is 11.6. The molecule has 0 radical (unpaired) electrons. The van der Waals surface area contributed by atoms with Crippen molar-refractivity contribution in [3.05, 3.63) is 35.1 Å². The molecule has 0 fully saturated rings. The van der Waals surface area contributed by atoms with Crippen LogP contribution in [0.5, 0.6) is 5.75 Å². The largest absolute Gasteiger partial charge is 0.484 e. The molecule has 0 saturated heterocycles. The van der Waals surface area contributed by atoms with Crippen LogP contribution in [0.25, 0.3) is 0 Å². The Kier molecular flexibility index (Phi) is 4.40. The fourth-order valence-electron chi connectivity index (χ4n) is 1.28. The molecule has 7 heteroatoms. The number of aryl methyl sites for hydroxylation is 1. The summed E-state index contributed by atoms with van der Waals surface area (Å²) in [6.07, 6.45) is 0.777. The average Bonchev–Trinajstić information content (AvgIpc) is 2.86. The first-order valence-electron chi connectivity index (χ1n) is 5.68. The molecule has 1 aromatic heterocycles. The smallest absolute Gasteiger partial charge is 0.264 e. The highest BCUT2D eigenvalue weighted by Gasteiger charge is 2.08. The van der Waals surface area contributed by atoms with Crippen LogP contribution in [0.2, 0.25) is 0 Å². The summed E-state index contributed by atoms with van der Waals surface area (Å²) in [6.45, 7) is 1.80. The van der Waals surface area contributed by atoms with E-state index in [1.54, 1.807) is 0 Å². The number of nitrogens with one attached hydrogen (secondary N) is 1. The molecular formula is C12H12FN3O2S. The van der Waals surface area contributed by atoms with Crippen LogP contribution in [-0.2, 0) is 11.2 Å². The lowest BCUT2D eigenvalue weighted by Gasteiger charge is -2.05. The first-order chi connectivity index (χ1) is 9.17. The lowest BCUT2D eigenvalue weighted by molar-refractivity contribution is -0.118. The van der Waals surface area contributed by atoms with Gasteiger partial charge in [0.05, 0.1) is 0 Å². The Balaban J connectivity index is 1.82. The fourth-order valence-corrected chi connectivity index (χ4v) is 1.98. The molecule has 19 heavy (non-hydrogen) atoms. The van der Waals surface area contributed by atoms with Gasteiger partial charge in [0.25, 0.3) is 5.91 Å². The van der Waals surface area contributed by atoms with E-state index < -0.39 is 0 Å². The highest BCUT2D eigenvalue weighted by atomic mass is 32.1. The third-order valence-corrected chi connectivity index (χ3v) is 3.18. The predicted octanol–water partition coefficient (Wildman–Crippen LogP) is 2.26. The second kappa shape index (κ2) is 6.24. The molecule has 2 aromatic rings. The van der Waals surface area contributed by atoms with Gasteiger partial charge in [-0.3, -0.25) is 10.1 Å². The molecule has 0 saturated carbocycles. The summed E-state index contributed by atoms with van der Waals surface area (Å²) in [7, 11) is 0. The van der Waals surface area contributed by atoms with Gasteiger partial charge in [-0.05, 0) is 30.7 Å². The molecule has 2 rings (SSSR count). The van der Waals surface area contributed by atoms with Crippen molar-refractivity contribution in [1.29, 1.82) is 0 Å². The van der Waals surface area contributed by atoms with Gasteiger partial charge < -0.3 is 4.74 Å². The van der Waals surface area contributed by atoms with Gasteiger partial charge in [0.1, 0.15) is 16.6 Å². The van der Waals surface area contributed by atoms with Gasteiger partial charge in [-0.1, -0.05) is 18.3 Å². The van der Waals surface area contributed by atoms with Crippen molar-refractivity contribution < 1.29 is 13.9 Å². The molecule has 0 atom stereocenters. The van der Waals surface area contributed by atoms with E-state index in [0.29, 0.717) is 10.9 Å². The van der Waals surface area contributed by atoms with Crippen molar-refractivity contribution in [3.8, 4) is 5.75 Å². The number of carbonyl (C=O) groups excluding carboxylic acids is 1. The van der Waals surface area contributed by atoms with Gasteiger partial charge in [0.15, 0.2) is 6.61 Å². The molecule has 1 N–H and O–H groups in total.